The highest BCUT2D eigenvalue weighted by atomic mass is 16.5. The summed E-state index contributed by atoms with van der Waals surface area (Å²) in [5.41, 5.74) is 1.28. The third kappa shape index (κ3) is 3.95. The summed E-state index contributed by atoms with van der Waals surface area (Å²) in [5, 5.41) is 8.70. The van der Waals surface area contributed by atoms with Gasteiger partial charge in [-0.05, 0) is 11.6 Å². The van der Waals surface area contributed by atoms with Crippen LogP contribution in [0.2, 0.25) is 0 Å². The van der Waals surface area contributed by atoms with Crippen molar-refractivity contribution in [2.24, 2.45) is 0 Å². The Morgan fingerprint density at radius 1 is 1.42 bits per heavy atom. The van der Waals surface area contributed by atoms with Crippen molar-refractivity contribution in [1.82, 2.24) is 4.90 Å². The van der Waals surface area contributed by atoms with Gasteiger partial charge in [0.05, 0.1) is 12.7 Å². The number of benzene rings is 1. The van der Waals surface area contributed by atoms with E-state index in [1.807, 2.05) is 18.2 Å². The lowest BCUT2D eigenvalue weighted by Crippen LogP contribution is -2.37. The normalized spacial score (nSPS) is 17.0. The van der Waals surface area contributed by atoms with Crippen LogP contribution in [0, 0.1) is 11.3 Å². The number of para-hydroxylation sites is 1. The van der Waals surface area contributed by atoms with Crippen LogP contribution in [0.25, 0.3) is 0 Å². The van der Waals surface area contributed by atoms with Crippen LogP contribution in [-0.2, 0) is 11.2 Å². The lowest BCUT2D eigenvalue weighted by atomic mass is 10.1. The predicted molar refractivity (Wildman–Crippen MR) is 73.1 cm³/mol. The number of nitriles is 1. The van der Waals surface area contributed by atoms with Gasteiger partial charge >= 0.3 is 0 Å². The summed E-state index contributed by atoms with van der Waals surface area (Å²) in [4.78, 5) is 2.24. The van der Waals surface area contributed by atoms with Crippen molar-refractivity contribution in [3.63, 3.8) is 0 Å². The maximum Gasteiger partial charge on any atom is 0.123 e. The maximum absolute atomic E-state index is 8.70. The first-order valence-corrected chi connectivity index (χ1v) is 6.66. The molecule has 0 radical (unpaired) electrons. The Labute approximate surface area is 114 Å². The Hall–Kier alpha value is -1.57. The summed E-state index contributed by atoms with van der Waals surface area (Å²) in [6, 6.07) is 10.4. The summed E-state index contributed by atoms with van der Waals surface area (Å²) in [6.45, 7) is 3.15. The molecule has 0 amide bonds. The van der Waals surface area contributed by atoms with E-state index in [-0.39, 0.29) is 6.10 Å². The number of fused-ring (bicyclic) bond motifs is 1. The SMILES string of the molecule is COCCN(CCC#N)CC1Cc2ccccc2O1. The van der Waals surface area contributed by atoms with Gasteiger partial charge in [0.25, 0.3) is 0 Å². The fraction of sp³-hybridized carbons (Fsp3) is 0.533. The molecule has 2 rings (SSSR count). The first-order valence-electron chi connectivity index (χ1n) is 6.66. The first-order chi connectivity index (χ1) is 9.33. The second-order valence-electron chi connectivity index (χ2n) is 4.75. The second kappa shape index (κ2) is 7.13. The molecule has 1 aromatic carbocycles. The predicted octanol–water partition coefficient (Wildman–Crippen LogP) is 1.85. The van der Waals surface area contributed by atoms with E-state index < -0.39 is 0 Å². The molecular weight excluding hydrogens is 240 g/mol. The molecule has 0 saturated heterocycles. The van der Waals surface area contributed by atoms with Gasteiger partial charge in [0.15, 0.2) is 0 Å². The molecular formula is C15H20N2O2. The topological polar surface area (TPSA) is 45.5 Å². The molecule has 0 aliphatic carbocycles. The fourth-order valence-corrected chi connectivity index (χ4v) is 2.37. The van der Waals surface area contributed by atoms with Crippen LogP contribution in [0.15, 0.2) is 24.3 Å². The van der Waals surface area contributed by atoms with Crippen LogP contribution < -0.4 is 4.74 Å². The van der Waals surface area contributed by atoms with Crippen molar-refractivity contribution in [1.29, 1.82) is 5.26 Å². The zero-order valence-electron chi connectivity index (χ0n) is 11.3. The Morgan fingerprint density at radius 3 is 3.00 bits per heavy atom. The summed E-state index contributed by atoms with van der Waals surface area (Å²) in [6.07, 6.45) is 1.68. The van der Waals surface area contributed by atoms with E-state index in [9.17, 15) is 0 Å². The van der Waals surface area contributed by atoms with Crippen molar-refractivity contribution in [2.75, 3.05) is 33.4 Å². The van der Waals surface area contributed by atoms with Crippen LogP contribution >= 0.6 is 0 Å². The standard InChI is InChI=1S/C15H20N2O2/c1-18-10-9-17(8-4-7-16)12-14-11-13-5-2-3-6-15(13)19-14/h2-3,5-6,14H,4,8-12H2,1H3. The number of ether oxygens (including phenoxy) is 2. The van der Waals surface area contributed by atoms with Crippen LogP contribution in [0.5, 0.6) is 5.75 Å². The number of nitrogens with zero attached hydrogens (tertiary/aromatic N) is 2. The number of hydrogen-bond acceptors (Lipinski definition) is 4. The number of hydrogen-bond donors (Lipinski definition) is 0. The average Bonchev–Trinajstić information content (AvgIpc) is 2.84. The van der Waals surface area contributed by atoms with Gasteiger partial charge in [-0.2, -0.15) is 5.26 Å². The highest BCUT2D eigenvalue weighted by Crippen LogP contribution is 2.28. The minimum atomic E-state index is 0.188. The van der Waals surface area contributed by atoms with Gasteiger partial charge in [-0.25, -0.2) is 0 Å². The van der Waals surface area contributed by atoms with Gasteiger partial charge < -0.3 is 9.47 Å². The Bertz CT molecular complexity index is 417. The minimum Gasteiger partial charge on any atom is -0.488 e. The Balaban J connectivity index is 1.87. The molecule has 1 aliphatic rings. The molecule has 0 aromatic heterocycles. The van der Waals surface area contributed by atoms with Gasteiger partial charge in [0.2, 0.25) is 0 Å². The lowest BCUT2D eigenvalue weighted by molar-refractivity contribution is 0.112. The quantitative estimate of drug-likeness (QED) is 0.750. The molecule has 1 heterocycles. The molecule has 1 unspecified atom stereocenters. The summed E-state index contributed by atoms with van der Waals surface area (Å²) < 4.78 is 11.0. The molecule has 19 heavy (non-hydrogen) atoms. The van der Waals surface area contributed by atoms with E-state index in [4.69, 9.17) is 14.7 Å². The molecule has 0 bridgehead atoms. The fourth-order valence-electron chi connectivity index (χ4n) is 2.37. The van der Waals surface area contributed by atoms with Gasteiger partial charge in [-0.15, -0.1) is 0 Å². The van der Waals surface area contributed by atoms with Gasteiger partial charge in [-0.3, -0.25) is 4.90 Å². The van der Waals surface area contributed by atoms with E-state index in [1.165, 1.54) is 5.56 Å². The average molecular weight is 260 g/mol. The van der Waals surface area contributed by atoms with Crippen LogP contribution in [0.4, 0.5) is 0 Å². The third-order valence-corrected chi connectivity index (χ3v) is 3.33. The highest BCUT2D eigenvalue weighted by Gasteiger charge is 2.24. The van der Waals surface area contributed by atoms with E-state index >= 15 is 0 Å². The van der Waals surface area contributed by atoms with Crippen molar-refractivity contribution in [3.05, 3.63) is 29.8 Å². The van der Waals surface area contributed by atoms with Crippen LogP contribution in [0.1, 0.15) is 12.0 Å². The zero-order valence-corrected chi connectivity index (χ0v) is 11.3. The number of rotatable bonds is 7. The molecule has 102 valence electrons. The zero-order chi connectivity index (χ0) is 13.5. The summed E-state index contributed by atoms with van der Waals surface area (Å²) >= 11 is 0. The number of methoxy groups -OCH3 is 1. The molecule has 1 aromatic rings. The van der Waals surface area contributed by atoms with Crippen LogP contribution in [0.3, 0.4) is 0 Å². The molecule has 0 N–H and O–H groups in total. The van der Waals surface area contributed by atoms with E-state index in [2.05, 4.69) is 17.0 Å². The summed E-state index contributed by atoms with van der Waals surface area (Å²) in [7, 11) is 1.70. The Morgan fingerprint density at radius 2 is 2.26 bits per heavy atom. The molecule has 1 aliphatic heterocycles. The highest BCUT2D eigenvalue weighted by molar-refractivity contribution is 5.37. The molecule has 4 heteroatoms. The monoisotopic (exact) mass is 260 g/mol. The largest absolute Gasteiger partial charge is 0.488 e. The van der Waals surface area contributed by atoms with Gasteiger partial charge in [0.1, 0.15) is 11.9 Å². The van der Waals surface area contributed by atoms with Crippen LogP contribution in [-0.4, -0.2) is 44.4 Å². The molecule has 0 saturated carbocycles. The first kappa shape index (κ1) is 13.9. The molecule has 1 atom stereocenters. The van der Waals surface area contributed by atoms with Crippen molar-refractivity contribution in [3.8, 4) is 11.8 Å². The third-order valence-electron chi connectivity index (χ3n) is 3.33. The molecule has 0 spiro atoms. The second-order valence-corrected chi connectivity index (χ2v) is 4.75. The Kier molecular flexibility index (Phi) is 5.20. The summed E-state index contributed by atoms with van der Waals surface area (Å²) in [5.74, 6) is 1.000. The maximum atomic E-state index is 8.70. The van der Waals surface area contributed by atoms with E-state index in [1.54, 1.807) is 7.11 Å². The van der Waals surface area contributed by atoms with Crippen molar-refractivity contribution >= 4 is 0 Å². The van der Waals surface area contributed by atoms with Gasteiger partial charge in [0, 0.05) is 39.6 Å². The molecule has 4 nitrogen and oxygen atoms in total. The smallest absolute Gasteiger partial charge is 0.123 e. The van der Waals surface area contributed by atoms with Gasteiger partial charge in [-0.1, -0.05) is 18.2 Å². The van der Waals surface area contributed by atoms with Crippen molar-refractivity contribution in [2.45, 2.75) is 18.9 Å². The van der Waals surface area contributed by atoms with E-state index in [0.717, 1.165) is 31.8 Å². The molecule has 0 fully saturated rings. The minimum absolute atomic E-state index is 0.188. The van der Waals surface area contributed by atoms with E-state index in [0.29, 0.717) is 13.0 Å². The lowest BCUT2D eigenvalue weighted by Gasteiger charge is -2.24. The van der Waals surface area contributed by atoms with Crippen molar-refractivity contribution < 1.29 is 9.47 Å².